The number of ketones is 1. The summed E-state index contributed by atoms with van der Waals surface area (Å²) >= 11 is 0. The zero-order chi connectivity index (χ0) is 45.9. The Bertz CT molecular complexity index is 2350. The number of aryl methyl sites for hydroxylation is 1. The Morgan fingerprint density at radius 2 is 1.16 bits per heavy atom. The van der Waals surface area contributed by atoms with Gasteiger partial charge in [0.2, 0.25) is 0 Å². The molecule has 2 aliphatic carbocycles. The molecule has 8 heteroatoms. The van der Waals surface area contributed by atoms with E-state index >= 15 is 0 Å². The van der Waals surface area contributed by atoms with E-state index < -0.39 is 16.4 Å². The van der Waals surface area contributed by atoms with Crippen molar-refractivity contribution in [1.29, 1.82) is 0 Å². The van der Waals surface area contributed by atoms with Crippen molar-refractivity contribution in [2.75, 3.05) is 14.2 Å². The minimum absolute atomic E-state index is 0.277. The second-order valence-electron chi connectivity index (χ2n) is 20.1. The lowest BCUT2D eigenvalue weighted by Crippen LogP contribution is -2.41. The van der Waals surface area contributed by atoms with Crippen LogP contribution in [-0.4, -0.2) is 40.7 Å². The van der Waals surface area contributed by atoms with Crippen molar-refractivity contribution in [3.05, 3.63) is 131 Å². The number of Topliss-reactive ketones (excluding diaryl/α,β-unsaturated/α-hetero) is 1. The highest BCUT2D eigenvalue weighted by Gasteiger charge is 2.39. The number of benzene rings is 4. The number of hydrogen-bond acceptors (Lipinski definition) is 4. The van der Waals surface area contributed by atoms with Crippen LogP contribution in [0.4, 0.5) is 8.78 Å². The van der Waals surface area contributed by atoms with Gasteiger partial charge >= 0.3 is 0 Å². The number of hydrogen-bond donors (Lipinski definition) is 3. The van der Waals surface area contributed by atoms with E-state index in [0.717, 1.165) is 34.1 Å². The number of carbonyl (C=O) groups excluding carboxylic acids is 1. The van der Waals surface area contributed by atoms with E-state index in [2.05, 4.69) is 73.2 Å². The molecule has 2 fully saturated rings. The topological polar surface area (TPSA) is 87.3 Å². The maximum atomic E-state index is 14.2. The summed E-state index contributed by atoms with van der Waals surface area (Å²) in [7, 11) is 3.20. The number of rotatable bonds is 14. The van der Waals surface area contributed by atoms with E-state index in [1.165, 1.54) is 99.0 Å². The van der Waals surface area contributed by atoms with Crippen molar-refractivity contribution in [3.8, 4) is 11.5 Å². The van der Waals surface area contributed by atoms with Crippen LogP contribution in [0.2, 0.25) is 0 Å². The van der Waals surface area contributed by atoms with E-state index in [1.807, 2.05) is 32.0 Å². The molecule has 4 aromatic carbocycles. The number of H-pyrrole nitrogens is 2. The molecule has 2 aliphatic rings. The number of para-hydroxylation sites is 2. The minimum Gasteiger partial charge on any atom is -0.496 e. The van der Waals surface area contributed by atoms with Gasteiger partial charge in [0, 0.05) is 58.2 Å². The molecule has 64 heavy (non-hydrogen) atoms. The first-order valence-corrected chi connectivity index (χ1v) is 23.6. The molecule has 0 spiro atoms. The Labute approximate surface area is 380 Å². The van der Waals surface area contributed by atoms with Crippen molar-refractivity contribution < 1.29 is 28.2 Å². The predicted octanol–water partition coefficient (Wildman–Crippen LogP) is 14.4. The maximum Gasteiger partial charge on any atom is 0.134 e. The molecule has 6 nitrogen and oxygen atoms in total. The third-order valence-electron chi connectivity index (χ3n) is 13.6. The summed E-state index contributed by atoms with van der Waals surface area (Å²) < 4.78 is 38.6. The number of carbonyl (C=O) groups is 1. The quantitative estimate of drug-likeness (QED) is 0.102. The van der Waals surface area contributed by atoms with Crippen LogP contribution in [0.3, 0.4) is 0 Å². The SMILES string of the molecule is COc1ccc(F)cc1C(C)(C)CC(=O)CC1CCCCC1.COc1ccc(F)cc1C(C)(C)CC(O)(Cc1cc2ccccc2[nH]1)CC1CCCCC1.Cc1cc2ccccc2[nH]1. The first-order chi connectivity index (χ1) is 30.6. The van der Waals surface area contributed by atoms with Gasteiger partial charge in [0.25, 0.3) is 0 Å². The fraction of sp³-hybridized carbons (Fsp3) is 0.482. The number of halogens is 2. The number of aromatic nitrogens is 2. The summed E-state index contributed by atoms with van der Waals surface area (Å²) in [6.07, 6.45) is 15.3. The molecule has 8 rings (SSSR count). The van der Waals surface area contributed by atoms with Crippen molar-refractivity contribution in [2.45, 2.75) is 147 Å². The van der Waals surface area contributed by atoms with Crippen molar-refractivity contribution in [2.24, 2.45) is 11.8 Å². The van der Waals surface area contributed by atoms with Crippen LogP contribution in [0.1, 0.15) is 140 Å². The van der Waals surface area contributed by atoms with E-state index in [1.54, 1.807) is 32.4 Å². The van der Waals surface area contributed by atoms with E-state index in [4.69, 9.17) is 9.47 Å². The second-order valence-corrected chi connectivity index (χ2v) is 20.1. The van der Waals surface area contributed by atoms with Crippen LogP contribution < -0.4 is 9.47 Å². The smallest absolute Gasteiger partial charge is 0.134 e. The van der Waals surface area contributed by atoms with Gasteiger partial charge < -0.3 is 24.5 Å². The molecule has 1 atom stereocenters. The average molecular weight is 875 g/mol. The Morgan fingerprint density at radius 1 is 0.656 bits per heavy atom. The van der Waals surface area contributed by atoms with Gasteiger partial charge in [-0.25, -0.2) is 8.78 Å². The summed E-state index contributed by atoms with van der Waals surface area (Å²) in [6.45, 7) is 10.2. The molecule has 2 heterocycles. The largest absolute Gasteiger partial charge is 0.496 e. The molecule has 0 amide bonds. The fourth-order valence-electron chi connectivity index (χ4n) is 10.6. The number of methoxy groups -OCH3 is 2. The van der Waals surface area contributed by atoms with Gasteiger partial charge in [-0.1, -0.05) is 128 Å². The average Bonchev–Trinajstić information content (AvgIpc) is 3.85. The highest BCUT2D eigenvalue weighted by Crippen LogP contribution is 2.43. The monoisotopic (exact) mass is 875 g/mol. The zero-order valence-corrected chi connectivity index (χ0v) is 39.4. The molecule has 6 aromatic rings. The van der Waals surface area contributed by atoms with Gasteiger partial charge in [-0.05, 0) is 108 Å². The van der Waals surface area contributed by atoms with Gasteiger partial charge in [-0.15, -0.1) is 0 Å². The fourth-order valence-corrected chi connectivity index (χ4v) is 10.6. The van der Waals surface area contributed by atoms with Crippen LogP contribution in [0.5, 0.6) is 11.5 Å². The standard InChI is InChI=1S/C28H36FNO2.C19H27FO2.C9H9N/c1-27(2,24-16-22(29)13-14-26(24)32-3)19-28(31,17-20-9-5-4-6-10-20)18-23-15-21-11-7-8-12-25(21)30-23;1-19(2,17-12-15(20)9-10-18(17)22-3)13-16(21)11-14-7-5-4-6-8-14;1-7-6-8-4-2-3-5-9(8)10-7/h7-8,11-16,20,30-31H,4-6,9-10,17-19H2,1-3H3;9-10,12,14H,4-8,11,13H2,1-3H3;2-6,10H,1H3. The summed E-state index contributed by atoms with van der Waals surface area (Å²) in [4.78, 5) is 19.2. The summed E-state index contributed by atoms with van der Waals surface area (Å²) in [5.74, 6) is 2.11. The van der Waals surface area contributed by atoms with Crippen LogP contribution in [0.15, 0.2) is 97.1 Å². The highest BCUT2D eigenvalue weighted by molar-refractivity contribution is 5.81. The number of aliphatic hydroxyl groups is 1. The Morgan fingerprint density at radius 3 is 1.69 bits per heavy atom. The molecule has 1 unspecified atom stereocenters. The molecule has 0 aliphatic heterocycles. The van der Waals surface area contributed by atoms with Crippen LogP contribution in [0, 0.1) is 30.4 Å². The van der Waals surface area contributed by atoms with Crippen LogP contribution >= 0.6 is 0 Å². The minimum atomic E-state index is -0.899. The van der Waals surface area contributed by atoms with E-state index in [-0.39, 0.29) is 17.4 Å². The van der Waals surface area contributed by atoms with Gasteiger partial charge in [0.05, 0.1) is 19.8 Å². The Balaban J connectivity index is 0.000000182. The molecule has 0 radical (unpaired) electrons. The first kappa shape index (κ1) is 48.5. The lowest BCUT2D eigenvalue weighted by Gasteiger charge is -2.40. The van der Waals surface area contributed by atoms with E-state index in [0.29, 0.717) is 49.0 Å². The van der Waals surface area contributed by atoms with Gasteiger partial charge in [-0.3, -0.25) is 4.79 Å². The Hall–Kier alpha value is -4.95. The normalized spacial score (nSPS) is 16.0. The third kappa shape index (κ3) is 13.3. The molecule has 3 N–H and O–H groups in total. The molecule has 344 valence electrons. The molecular weight excluding hydrogens is 803 g/mol. The van der Waals surface area contributed by atoms with E-state index in [9.17, 15) is 18.7 Å². The highest BCUT2D eigenvalue weighted by atomic mass is 19.1. The van der Waals surface area contributed by atoms with Crippen molar-refractivity contribution in [3.63, 3.8) is 0 Å². The molecule has 2 saturated carbocycles. The molecule has 0 bridgehead atoms. The van der Waals surface area contributed by atoms with Crippen LogP contribution in [-0.2, 0) is 22.0 Å². The number of nitrogens with one attached hydrogen (secondary N) is 2. The van der Waals surface area contributed by atoms with Crippen molar-refractivity contribution in [1.82, 2.24) is 9.97 Å². The van der Waals surface area contributed by atoms with Gasteiger partial charge in [0.15, 0.2) is 0 Å². The van der Waals surface area contributed by atoms with Gasteiger partial charge in [0.1, 0.15) is 28.9 Å². The molecule has 2 aromatic heterocycles. The summed E-state index contributed by atoms with van der Waals surface area (Å²) in [6, 6.07) is 30.0. The zero-order valence-electron chi connectivity index (χ0n) is 39.4. The molecule has 0 saturated heterocycles. The first-order valence-electron chi connectivity index (χ1n) is 23.6. The number of ether oxygens (including phenoxy) is 2. The maximum absolute atomic E-state index is 14.2. The third-order valence-corrected chi connectivity index (χ3v) is 13.6. The van der Waals surface area contributed by atoms with Gasteiger partial charge in [-0.2, -0.15) is 0 Å². The summed E-state index contributed by atoms with van der Waals surface area (Å²) in [5, 5.41) is 14.6. The Kier molecular flexibility index (Phi) is 16.5. The molecular formula is C56H72F2N2O4. The lowest BCUT2D eigenvalue weighted by molar-refractivity contribution is -0.121. The van der Waals surface area contributed by atoms with Crippen LogP contribution in [0.25, 0.3) is 21.8 Å². The number of aromatic amines is 2. The second kappa shape index (κ2) is 21.8. The number of fused-ring (bicyclic) bond motifs is 2. The summed E-state index contributed by atoms with van der Waals surface area (Å²) in [5.41, 5.74) is 4.39. The predicted molar refractivity (Wildman–Crippen MR) is 259 cm³/mol. The van der Waals surface area contributed by atoms with Crippen molar-refractivity contribution >= 4 is 27.6 Å². The lowest BCUT2D eigenvalue weighted by atomic mass is 9.69.